The fourth-order valence-electron chi connectivity index (χ4n) is 2.67. The molecule has 0 N–H and O–H groups in total. The van der Waals surface area contributed by atoms with Gasteiger partial charge < -0.3 is 0 Å². The molecular formula is C14H17BrO. The van der Waals surface area contributed by atoms with Gasteiger partial charge in [0.25, 0.3) is 0 Å². The highest BCUT2D eigenvalue weighted by molar-refractivity contribution is 9.10. The summed E-state index contributed by atoms with van der Waals surface area (Å²) in [5.74, 6) is 1.21. The first-order valence-electron chi connectivity index (χ1n) is 5.87. The van der Waals surface area contributed by atoms with Crippen LogP contribution < -0.4 is 0 Å². The Morgan fingerprint density at radius 2 is 1.94 bits per heavy atom. The maximum atomic E-state index is 11.8. The Bertz CT molecular complexity index is 411. The molecule has 86 valence electrons. The van der Waals surface area contributed by atoms with Crippen LogP contribution in [0.25, 0.3) is 0 Å². The quantitative estimate of drug-likeness (QED) is 0.700. The summed E-state index contributed by atoms with van der Waals surface area (Å²) < 4.78 is 1.15. The number of rotatable bonds is 0. The van der Waals surface area contributed by atoms with Crippen LogP contribution in [-0.2, 0) is 11.2 Å². The van der Waals surface area contributed by atoms with Crippen molar-refractivity contribution >= 4 is 21.7 Å². The highest BCUT2D eigenvalue weighted by Gasteiger charge is 2.22. The van der Waals surface area contributed by atoms with Crippen molar-refractivity contribution in [3.05, 3.63) is 33.8 Å². The van der Waals surface area contributed by atoms with Gasteiger partial charge in [0.05, 0.1) is 0 Å². The van der Waals surface area contributed by atoms with Gasteiger partial charge in [-0.15, -0.1) is 0 Å². The molecule has 1 aliphatic rings. The number of hydrogen-bond donors (Lipinski definition) is 0. The van der Waals surface area contributed by atoms with Crippen molar-refractivity contribution in [2.24, 2.45) is 5.92 Å². The van der Waals surface area contributed by atoms with E-state index in [1.54, 1.807) is 0 Å². The van der Waals surface area contributed by atoms with E-state index >= 15 is 0 Å². The van der Waals surface area contributed by atoms with Crippen LogP contribution in [0.4, 0.5) is 0 Å². The van der Waals surface area contributed by atoms with E-state index in [1.807, 2.05) is 0 Å². The molecule has 1 aromatic rings. The first kappa shape index (κ1) is 11.8. The number of carbonyl (C=O) groups is 1. The molecule has 0 saturated heterocycles. The van der Waals surface area contributed by atoms with Gasteiger partial charge in [-0.3, -0.25) is 4.79 Å². The third-order valence-corrected chi connectivity index (χ3v) is 4.01. The first-order valence-corrected chi connectivity index (χ1v) is 6.66. The number of carbonyl (C=O) groups excluding carboxylic acids is 1. The van der Waals surface area contributed by atoms with Gasteiger partial charge >= 0.3 is 0 Å². The predicted molar refractivity (Wildman–Crippen MR) is 69.7 cm³/mol. The van der Waals surface area contributed by atoms with Crippen LogP contribution in [0.5, 0.6) is 0 Å². The second-order valence-corrected chi connectivity index (χ2v) is 5.82. The summed E-state index contributed by atoms with van der Waals surface area (Å²) in [4.78, 5) is 11.8. The van der Waals surface area contributed by atoms with Gasteiger partial charge in [0, 0.05) is 17.3 Å². The molecule has 0 amide bonds. The minimum absolute atomic E-state index is 0.338. The molecule has 1 aromatic carbocycles. The number of hydrogen-bond acceptors (Lipinski definition) is 1. The van der Waals surface area contributed by atoms with Crippen LogP contribution in [0.2, 0.25) is 0 Å². The molecule has 0 radical (unpaired) electrons. The van der Waals surface area contributed by atoms with Crippen LogP contribution in [-0.4, -0.2) is 5.78 Å². The van der Waals surface area contributed by atoms with Gasteiger partial charge in [0.1, 0.15) is 5.78 Å². The van der Waals surface area contributed by atoms with Crippen molar-refractivity contribution in [1.82, 2.24) is 0 Å². The van der Waals surface area contributed by atoms with Crippen LogP contribution in [0, 0.1) is 5.92 Å². The third kappa shape index (κ3) is 2.37. The molecule has 16 heavy (non-hydrogen) atoms. The number of fused-ring (bicyclic) bond motifs is 1. The SMILES string of the molecule is CC1CC(=O)C[C@H](C)c2c(Br)cccc2C1. The topological polar surface area (TPSA) is 17.1 Å². The van der Waals surface area contributed by atoms with E-state index < -0.39 is 0 Å². The minimum atomic E-state index is 0.338. The molecular weight excluding hydrogens is 264 g/mol. The van der Waals surface area contributed by atoms with E-state index in [0.717, 1.165) is 17.3 Å². The van der Waals surface area contributed by atoms with Crippen molar-refractivity contribution in [2.45, 2.75) is 39.0 Å². The summed E-state index contributed by atoms with van der Waals surface area (Å²) in [7, 11) is 0. The summed E-state index contributed by atoms with van der Waals surface area (Å²) in [6, 6.07) is 6.36. The Kier molecular flexibility index (Phi) is 3.48. The lowest BCUT2D eigenvalue weighted by Gasteiger charge is -2.23. The molecule has 0 heterocycles. The Balaban J connectivity index is 2.45. The molecule has 1 nitrogen and oxygen atoms in total. The van der Waals surface area contributed by atoms with Crippen LogP contribution in [0.3, 0.4) is 0 Å². The number of ketones is 1. The molecule has 2 heteroatoms. The third-order valence-electron chi connectivity index (χ3n) is 3.31. The fraction of sp³-hybridized carbons (Fsp3) is 0.500. The first-order chi connectivity index (χ1) is 7.58. The average molecular weight is 281 g/mol. The minimum Gasteiger partial charge on any atom is -0.300 e. The molecule has 0 saturated carbocycles. The maximum absolute atomic E-state index is 11.8. The molecule has 2 rings (SSSR count). The highest BCUT2D eigenvalue weighted by Crippen LogP contribution is 2.34. The molecule has 2 atom stereocenters. The van der Waals surface area contributed by atoms with E-state index in [0.29, 0.717) is 24.0 Å². The van der Waals surface area contributed by atoms with Gasteiger partial charge in [-0.25, -0.2) is 0 Å². The molecule has 1 unspecified atom stereocenters. The average Bonchev–Trinajstić information content (AvgIpc) is 2.14. The van der Waals surface area contributed by atoms with Gasteiger partial charge in [0.15, 0.2) is 0 Å². The van der Waals surface area contributed by atoms with Gasteiger partial charge in [-0.05, 0) is 35.4 Å². The van der Waals surface area contributed by atoms with Crippen LogP contribution >= 0.6 is 15.9 Å². The molecule has 0 spiro atoms. The van der Waals surface area contributed by atoms with E-state index in [1.165, 1.54) is 11.1 Å². The zero-order chi connectivity index (χ0) is 11.7. The van der Waals surface area contributed by atoms with Crippen molar-refractivity contribution in [1.29, 1.82) is 0 Å². The normalized spacial score (nSPS) is 25.8. The molecule has 0 aromatic heterocycles. The summed E-state index contributed by atoms with van der Waals surface area (Å²) in [5, 5.41) is 0. The van der Waals surface area contributed by atoms with E-state index in [-0.39, 0.29) is 0 Å². The summed E-state index contributed by atoms with van der Waals surface area (Å²) >= 11 is 3.61. The zero-order valence-electron chi connectivity index (χ0n) is 9.79. The molecule has 0 aliphatic heterocycles. The Hall–Kier alpha value is -0.630. The fourth-order valence-corrected chi connectivity index (χ4v) is 3.47. The van der Waals surface area contributed by atoms with E-state index in [9.17, 15) is 4.79 Å². The van der Waals surface area contributed by atoms with Crippen LogP contribution in [0.15, 0.2) is 22.7 Å². The summed E-state index contributed by atoms with van der Waals surface area (Å²) in [5.41, 5.74) is 2.74. The molecule has 0 fully saturated rings. The molecule has 0 bridgehead atoms. The predicted octanol–water partition coefficient (Wildman–Crippen LogP) is 4.09. The van der Waals surface area contributed by atoms with Crippen LogP contribution in [0.1, 0.15) is 43.7 Å². The maximum Gasteiger partial charge on any atom is 0.133 e. The Labute approximate surface area is 105 Å². The van der Waals surface area contributed by atoms with Crippen molar-refractivity contribution in [3.63, 3.8) is 0 Å². The number of halogens is 1. The van der Waals surface area contributed by atoms with Gasteiger partial charge in [0.2, 0.25) is 0 Å². The van der Waals surface area contributed by atoms with Crippen molar-refractivity contribution in [3.8, 4) is 0 Å². The Morgan fingerprint density at radius 1 is 1.19 bits per heavy atom. The second-order valence-electron chi connectivity index (χ2n) is 4.97. The zero-order valence-corrected chi connectivity index (χ0v) is 11.4. The van der Waals surface area contributed by atoms with Crippen molar-refractivity contribution < 1.29 is 4.79 Å². The number of Topliss-reactive ketones (excluding diaryl/α,β-unsaturated/α-hetero) is 1. The largest absolute Gasteiger partial charge is 0.300 e. The standard InChI is InChI=1S/C14H17BrO/c1-9-6-11-4-3-5-13(15)14(11)10(2)8-12(16)7-9/h3-5,9-10H,6-8H2,1-2H3/t9?,10-/m0/s1. The summed E-state index contributed by atoms with van der Waals surface area (Å²) in [6.07, 6.45) is 2.43. The molecule has 1 aliphatic carbocycles. The highest BCUT2D eigenvalue weighted by atomic mass is 79.9. The summed E-state index contributed by atoms with van der Waals surface area (Å²) in [6.45, 7) is 4.32. The monoisotopic (exact) mass is 280 g/mol. The van der Waals surface area contributed by atoms with E-state index in [4.69, 9.17) is 0 Å². The lowest BCUT2D eigenvalue weighted by atomic mass is 9.82. The van der Waals surface area contributed by atoms with E-state index in [2.05, 4.69) is 48.0 Å². The lowest BCUT2D eigenvalue weighted by Crippen LogP contribution is -2.16. The second kappa shape index (κ2) is 4.70. The Morgan fingerprint density at radius 3 is 2.69 bits per heavy atom. The van der Waals surface area contributed by atoms with Crippen molar-refractivity contribution in [2.75, 3.05) is 0 Å². The lowest BCUT2D eigenvalue weighted by molar-refractivity contribution is -0.120. The number of benzene rings is 1. The van der Waals surface area contributed by atoms with Gasteiger partial charge in [-0.2, -0.15) is 0 Å². The van der Waals surface area contributed by atoms with Gasteiger partial charge in [-0.1, -0.05) is 41.9 Å². The smallest absolute Gasteiger partial charge is 0.133 e.